The van der Waals surface area contributed by atoms with Crippen LogP contribution >= 0.6 is 0 Å². The summed E-state index contributed by atoms with van der Waals surface area (Å²) >= 11 is 0. The van der Waals surface area contributed by atoms with E-state index in [9.17, 15) is 9.59 Å². The van der Waals surface area contributed by atoms with E-state index in [1.807, 2.05) is 0 Å². The normalized spacial score (nSPS) is 16.0. The van der Waals surface area contributed by atoms with E-state index in [1.54, 1.807) is 27.7 Å². The van der Waals surface area contributed by atoms with Crippen LogP contribution in [0.1, 0.15) is 40.5 Å². The molecule has 0 aliphatic carbocycles. The van der Waals surface area contributed by atoms with Crippen molar-refractivity contribution in [3.05, 3.63) is 0 Å². The maximum absolute atomic E-state index is 11.2. The average Bonchev–Trinajstić information content (AvgIpc) is 1.96. The third kappa shape index (κ3) is 2.25. The summed E-state index contributed by atoms with van der Waals surface area (Å²) in [4.78, 5) is 21.8. The highest BCUT2D eigenvalue weighted by Crippen LogP contribution is 2.44. The Hall–Kier alpha value is -1.06. The van der Waals surface area contributed by atoms with Crippen molar-refractivity contribution in [1.82, 2.24) is 0 Å². The third-order valence-electron chi connectivity index (χ3n) is 2.90. The van der Waals surface area contributed by atoms with Crippen LogP contribution < -0.4 is 0 Å². The molecule has 0 bridgehead atoms. The molecule has 0 heterocycles. The summed E-state index contributed by atoms with van der Waals surface area (Å²) in [7, 11) is 0. The van der Waals surface area contributed by atoms with Crippen molar-refractivity contribution < 1.29 is 19.8 Å². The molecule has 4 nitrogen and oxygen atoms in total. The number of rotatable bonds is 4. The van der Waals surface area contributed by atoms with Gasteiger partial charge in [0, 0.05) is 0 Å². The molecule has 0 saturated heterocycles. The van der Waals surface area contributed by atoms with Gasteiger partial charge in [0.05, 0.1) is 11.8 Å². The van der Waals surface area contributed by atoms with Crippen molar-refractivity contribution >= 4 is 11.9 Å². The van der Waals surface area contributed by atoms with Gasteiger partial charge < -0.3 is 10.2 Å². The minimum absolute atomic E-state index is 0.318. The number of hydrogen-bond acceptors (Lipinski definition) is 2. The fraction of sp³-hybridized carbons (Fsp3) is 0.800. The molecule has 0 saturated carbocycles. The number of carboxylic acids is 2. The van der Waals surface area contributed by atoms with Crippen LogP contribution in [-0.2, 0) is 9.59 Å². The summed E-state index contributed by atoms with van der Waals surface area (Å²) in [6, 6.07) is 0. The lowest BCUT2D eigenvalue weighted by atomic mass is 9.63. The van der Waals surface area contributed by atoms with Gasteiger partial charge in [-0.05, 0) is 11.8 Å². The van der Waals surface area contributed by atoms with E-state index < -0.39 is 22.8 Å². The summed E-state index contributed by atoms with van der Waals surface area (Å²) in [5.41, 5.74) is -1.75. The Morgan fingerprint density at radius 3 is 1.64 bits per heavy atom. The van der Waals surface area contributed by atoms with E-state index in [2.05, 4.69) is 0 Å². The fourth-order valence-electron chi connectivity index (χ4n) is 1.73. The molecule has 0 aliphatic rings. The molecule has 14 heavy (non-hydrogen) atoms. The molecule has 0 aromatic heterocycles. The molecule has 0 aromatic rings. The van der Waals surface area contributed by atoms with Crippen molar-refractivity contribution in [2.45, 2.75) is 40.5 Å². The largest absolute Gasteiger partial charge is 0.481 e. The van der Waals surface area contributed by atoms with E-state index in [0.29, 0.717) is 6.42 Å². The Labute approximate surface area is 83.9 Å². The number of aliphatic carboxylic acids is 2. The number of carboxylic acid groups (broad SMARTS) is 2. The second-order valence-electron chi connectivity index (χ2n) is 4.56. The highest BCUT2D eigenvalue weighted by atomic mass is 16.4. The fourth-order valence-corrected chi connectivity index (χ4v) is 1.73. The molecule has 0 rings (SSSR count). The van der Waals surface area contributed by atoms with Gasteiger partial charge >= 0.3 is 11.9 Å². The van der Waals surface area contributed by atoms with Crippen LogP contribution in [0, 0.1) is 10.8 Å². The quantitative estimate of drug-likeness (QED) is 0.731. The molecule has 0 spiro atoms. The second kappa shape index (κ2) is 3.98. The molecule has 0 aromatic carbocycles. The molecule has 0 amide bonds. The topological polar surface area (TPSA) is 74.6 Å². The van der Waals surface area contributed by atoms with Gasteiger partial charge in [0.1, 0.15) is 0 Å². The van der Waals surface area contributed by atoms with Gasteiger partial charge in [-0.15, -0.1) is 0 Å². The van der Waals surface area contributed by atoms with Gasteiger partial charge in [0.2, 0.25) is 0 Å². The van der Waals surface area contributed by atoms with Crippen molar-refractivity contribution in [2.24, 2.45) is 10.8 Å². The Morgan fingerprint density at radius 1 is 1.14 bits per heavy atom. The average molecular weight is 202 g/mol. The van der Waals surface area contributed by atoms with E-state index >= 15 is 0 Å². The lowest BCUT2D eigenvalue weighted by Crippen LogP contribution is -2.44. The van der Waals surface area contributed by atoms with Crippen LogP contribution in [-0.4, -0.2) is 22.2 Å². The first-order valence-corrected chi connectivity index (χ1v) is 4.62. The van der Waals surface area contributed by atoms with Crippen molar-refractivity contribution in [3.63, 3.8) is 0 Å². The van der Waals surface area contributed by atoms with Gasteiger partial charge in [0.15, 0.2) is 0 Å². The first-order valence-electron chi connectivity index (χ1n) is 4.62. The van der Waals surface area contributed by atoms with Crippen LogP contribution in [0.4, 0.5) is 0 Å². The van der Waals surface area contributed by atoms with Crippen LogP contribution in [0.2, 0.25) is 0 Å². The molecular formula is C10H18O4. The minimum Gasteiger partial charge on any atom is -0.481 e. The Balaban J connectivity index is 5.20. The van der Waals surface area contributed by atoms with Crippen LogP contribution in [0.25, 0.3) is 0 Å². The molecule has 1 atom stereocenters. The minimum atomic E-state index is -1.18. The van der Waals surface area contributed by atoms with Crippen LogP contribution in [0.3, 0.4) is 0 Å². The van der Waals surface area contributed by atoms with Gasteiger partial charge in [0.25, 0.3) is 0 Å². The van der Waals surface area contributed by atoms with Gasteiger partial charge in [-0.25, -0.2) is 0 Å². The molecule has 1 unspecified atom stereocenters. The third-order valence-corrected chi connectivity index (χ3v) is 2.90. The second-order valence-corrected chi connectivity index (χ2v) is 4.56. The lowest BCUT2D eigenvalue weighted by Gasteiger charge is -2.39. The van der Waals surface area contributed by atoms with E-state index in [4.69, 9.17) is 10.2 Å². The zero-order valence-corrected chi connectivity index (χ0v) is 9.13. The molecule has 4 heteroatoms. The molecule has 82 valence electrons. The highest BCUT2D eigenvalue weighted by molar-refractivity contribution is 5.82. The Kier molecular flexibility index (Phi) is 3.68. The van der Waals surface area contributed by atoms with Crippen molar-refractivity contribution in [1.29, 1.82) is 0 Å². The SMILES string of the molecule is CCC(CC(=O)O)(C(=O)O)C(C)(C)C. The van der Waals surface area contributed by atoms with Crippen molar-refractivity contribution in [2.75, 3.05) is 0 Å². The maximum atomic E-state index is 11.2. The predicted molar refractivity (Wildman–Crippen MR) is 52.1 cm³/mol. The van der Waals surface area contributed by atoms with E-state index in [0.717, 1.165) is 0 Å². The summed E-state index contributed by atoms with van der Waals surface area (Å²) in [5, 5.41) is 17.9. The standard InChI is InChI=1S/C10H18O4/c1-5-10(8(13)14,6-7(11)12)9(2,3)4/h5-6H2,1-4H3,(H,11,12)(H,13,14). The Morgan fingerprint density at radius 2 is 1.57 bits per heavy atom. The Bertz CT molecular complexity index is 239. The summed E-state index contributed by atoms with van der Waals surface area (Å²) < 4.78 is 0. The molecule has 2 N–H and O–H groups in total. The smallest absolute Gasteiger partial charge is 0.310 e. The van der Waals surface area contributed by atoms with Gasteiger partial charge in [-0.1, -0.05) is 27.7 Å². The first kappa shape index (κ1) is 12.9. The monoisotopic (exact) mass is 202 g/mol. The van der Waals surface area contributed by atoms with E-state index in [-0.39, 0.29) is 6.42 Å². The predicted octanol–water partition coefficient (Wildman–Crippen LogP) is 1.99. The van der Waals surface area contributed by atoms with Crippen LogP contribution in [0.5, 0.6) is 0 Å². The number of hydrogen-bond donors (Lipinski definition) is 2. The number of carbonyl (C=O) groups is 2. The molecule has 0 aliphatic heterocycles. The highest BCUT2D eigenvalue weighted by Gasteiger charge is 2.48. The van der Waals surface area contributed by atoms with Gasteiger partial charge in [-0.2, -0.15) is 0 Å². The van der Waals surface area contributed by atoms with Gasteiger partial charge in [-0.3, -0.25) is 9.59 Å². The first-order chi connectivity index (χ1) is 6.17. The van der Waals surface area contributed by atoms with Crippen molar-refractivity contribution in [3.8, 4) is 0 Å². The molecular weight excluding hydrogens is 184 g/mol. The summed E-state index contributed by atoms with van der Waals surface area (Å²) in [5.74, 6) is -2.10. The zero-order chi connectivity index (χ0) is 11.6. The van der Waals surface area contributed by atoms with E-state index in [1.165, 1.54) is 0 Å². The summed E-state index contributed by atoms with van der Waals surface area (Å²) in [6.07, 6.45) is -0.0134. The molecule has 0 fully saturated rings. The maximum Gasteiger partial charge on any atom is 0.310 e. The lowest BCUT2D eigenvalue weighted by molar-refractivity contribution is -0.164. The molecule has 0 radical (unpaired) electrons. The zero-order valence-electron chi connectivity index (χ0n) is 9.13. The van der Waals surface area contributed by atoms with Crippen LogP contribution in [0.15, 0.2) is 0 Å². The summed E-state index contributed by atoms with van der Waals surface area (Å²) in [6.45, 7) is 6.98.